The minimum absolute atomic E-state index is 0.00329. The van der Waals surface area contributed by atoms with Crippen LogP contribution in [-0.4, -0.2) is 70.7 Å². The summed E-state index contributed by atoms with van der Waals surface area (Å²) in [7, 11) is 2.54. The smallest absolute Gasteiger partial charge is 0.368 e. The predicted octanol–water partition coefficient (Wildman–Crippen LogP) is 6.77. The van der Waals surface area contributed by atoms with Gasteiger partial charge in [0.15, 0.2) is 6.10 Å². The van der Waals surface area contributed by atoms with E-state index in [0.717, 1.165) is 36.3 Å². The first-order chi connectivity index (χ1) is 24.7. The number of hydrogen-bond donors (Lipinski definition) is 0. The highest BCUT2D eigenvalue weighted by Gasteiger charge is 2.74. The predicted molar refractivity (Wildman–Crippen MR) is 188 cm³/mol. The largest absolute Gasteiger partial charge is 0.482 e. The molecule has 4 aromatic rings. The second-order valence-corrected chi connectivity index (χ2v) is 13.5. The summed E-state index contributed by atoms with van der Waals surface area (Å²) in [5, 5.41) is 22.9. The van der Waals surface area contributed by atoms with Crippen LogP contribution in [0.2, 0.25) is 20.1 Å². The Hall–Kier alpha value is -5.19. The van der Waals surface area contributed by atoms with Gasteiger partial charge in [0.05, 0.1) is 27.0 Å². The number of rotatable bonds is 5. The molecule has 266 valence electrons. The number of esters is 1. The van der Waals surface area contributed by atoms with Gasteiger partial charge >= 0.3 is 5.97 Å². The topological polar surface area (TPSA) is 175 Å². The van der Waals surface area contributed by atoms with Gasteiger partial charge in [-0.2, -0.15) is 0 Å². The SMILES string of the molecule is COC(=O)C12Oc3cc(Cl)cc(Cl)c3N(C(=O)c3ccc([N+](=O)[O-])cc3)C1C1Oc3cc(Cl)cc(Cl)c3N(C(=O)c3ccc([N+](=O)[O-])cc3)C1N2C. The molecule has 3 heterocycles. The summed E-state index contributed by atoms with van der Waals surface area (Å²) in [6, 6.07) is 13.5. The van der Waals surface area contributed by atoms with Crippen LogP contribution in [0.3, 0.4) is 0 Å². The van der Waals surface area contributed by atoms with E-state index in [1.54, 1.807) is 0 Å². The van der Waals surface area contributed by atoms with E-state index in [4.69, 9.17) is 60.6 Å². The van der Waals surface area contributed by atoms with Crippen molar-refractivity contribution in [1.29, 1.82) is 0 Å². The second-order valence-electron chi connectivity index (χ2n) is 11.8. The number of carbonyl (C=O) groups excluding carboxylic acids is 3. The van der Waals surface area contributed by atoms with Gasteiger partial charge in [-0.05, 0) is 43.4 Å². The molecule has 0 aromatic heterocycles. The molecule has 4 unspecified atom stereocenters. The minimum Gasteiger partial charge on any atom is -0.482 e. The molecule has 0 saturated carbocycles. The van der Waals surface area contributed by atoms with Gasteiger partial charge in [0.2, 0.25) is 0 Å². The van der Waals surface area contributed by atoms with E-state index in [-0.39, 0.29) is 65.5 Å². The zero-order chi connectivity index (χ0) is 37.4. The molecule has 0 spiro atoms. The Kier molecular flexibility index (Phi) is 8.66. The van der Waals surface area contributed by atoms with Crippen LogP contribution >= 0.6 is 46.4 Å². The number of non-ortho nitro benzene ring substituents is 2. The van der Waals surface area contributed by atoms with Gasteiger partial charge in [-0.1, -0.05) is 46.4 Å². The highest BCUT2D eigenvalue weighted by Crippen LogP contribution is 2.56. The number of fused-ring (bicyclic) bond motifs is 5. The highest BCUT2D eigenvalue weighted by molar-refractivity contribution is 6.38. The zero-order valence-corrected chi connectivity index (χ0v) is 29.5. The fourth-order valence-electron chi connectivity index (χ4n) is 6.85. The molecule has 0 N–H and O–H groups in total. The molecule has 15 nitrogen and oxygen atoms in total. The van der Waals surface area contributed by atoms with Gasteiger partial charge in [-0.3, -0.25) is 39.6 Å². The van der Waals surface area contributed by atoms with Crippen molar-refractivity contribution in [2.75, 3.05) is 24.0 Å². The highest BCUT2D eigenvalue weighted by atomic mass is 35.5. The molecular weight excluding hydrogens is 768 g/mol. The molecule has 4 aromatic carbocycles. The molecule has 1 saturated heterocycles. The lowest BCUT2D eigenvalue weighted by molar-refractivity contribution is -0.385. The fourth-order valence-corrected chi connectivity index (χ4v) is 7.98. The van der Waals surface area contributed by atoms with Gasteiger partial charge in [0.1, 0.15) is 35.1 Å². The van der Waals surface area contributed by atoms with Crippen molar-refractivity contribution in [3.05, 3.63) is 124 Å². The van der Waals surface area contributed by atoms with Crippen molar-refractivity contribution < 1.29 is 38.4 Å². The van der Waals surface area contributed by atoms with Crippen LogP contribution in [0.1, 0.15) is 20.7 Å². The number of nitrogens with zero attached hydrogens (tertiary/aromatic N) is 5. The Morgan fingerprint density at radius 1 is 0.750 bits per heavy atom. The van der Waals surface area contributed by atoms with E-state index < -0.39 is 51.7 Å². The Morgan fingerprint density at radius 3 is 1.69 bits per heavy atom. The van der Waals surface area contributed by atoms with E-state index in [1.807, 2.05) is 0 Å². The number of nitro benzene ring substituents is 2. The van der Waals surface area contributed by atoms with Crippen LogP contribution < -0.4 is 19.3 Å². The van der Waals surface area contributed by atoms with Gasteiger partial charge in [-0.15, -0.1) is 0 Å². The summed E-state index contributed by atoms with van der Waals surface area (Å²) in [5.74, 6) is -2.67. The maximum Gasteiger partial charge on any atom is 0.368 e. The number of carbonyl (C=O) groups is 3. The maximum atomic E-state index is 14.7. The van der Waals surface area contributed by atoms with E-state index in [0.29, 0.717) is 0 Å². The van der Waals surface area contributed by atoms with Crippen LogP contribution in [0.5, 0.6) is 11.5 Å². The number of hydrogen-bond acceptors (Lipinski definition) is 11. The average Bonchev–Trinajstić information content (AvgIpc) is 3.36. The zero-order valence-electron chi connectivity index (χ0n) is 26.5. The molecular formula is C33H21Cl4N5O10. The average molecular weight is 789 g/mol. The number of benzene rings is 4. The van der Waals surface area contributed by atoms with Crippen molar-refractivity contribution in [2.24, 2.45) is 0 Å². The summed E-state index contributed by atoms with van der Waals surface area (Å²) in [4.78, 5) is 68.9. The molecule has 2 amide bonds. The van der Waals surface area contributed by atoms with E-state index in [9.17, 15) is 34.6 Å². The van der Waals surface area contributed by atoms with Crippen molar-refractivity contribution in [3.63, 3.8) is 0 Å². The fraction of sp³-hybridized carbons (Fsp3) is 0.182. The Balaban J connectivity index is 1.49. The van der Waals surface area contributed by atoms with Gasteiger partial charge in [0, 0.05) is 57.6 Å². The number of methoxy groups -OCH3 is 1. The van der Waals surface area contributed by atoms with Crippen LogP contribution in [-0.2, 0) is 9.53 Å². The van der Waals surface area contributed by atoms with E-state index in [1.165, 1.54) is 65.4 Å². The minimum atomic E-state index is -2.28. The molecule has 0 radical (unpaired) electrons. The Morgan fingerprint density at radius 2 is 1.21 bits per heavy atom. The third kappa shape index (κ3) is 5.26. The number of nitro groups is 2. The first kappa shape index (κ1) is 35.2. The summed E-state index contributed by atoms with van der Waals surface area (Å²) >= 11 is 26.3. The number of amides is 2. The van der Waals surface area contributed by atoms with Crippen molar-refractivity contribution >= 4 is 86.9 Å². The normalized spacial score (nSPS) is 21.5. The molecule has 1 fully saturated rings. The van der Waals surface area contributed by atoms with Gasteiger partial charge in [0.25, 0.3) is 28.9 Å². The molecule has 7 rings (SSSR count). The van der Waals surface area contributed by atoms with E-state index >= 15 is 0 Å². The van der Waals surface area contributed by atoms with E-state index in [2.05, 4.69) is 0 Å². The first-order valence-electron chi connectivity index (χ1n) is 15.0. The van der Waals surface area contributed by atoms with Crippen molar-refractivity contribution in [2.45, 2.75) is 24.0 Å². The Labute approximate surface area is 312 Å². The van der Waals surface area contributed by atoms with Gasteiger partial charge < -0.3 is 14.2 Å². The monoisotopic (exact) mass is 787 g/mol. The quantitative estimate of drug-likeness (QED) is 0.119. The number of halogens is 4. The van der Waals surface area contributed by atoms with Crippen LogP contribution in [0.25, 0.3) is 0 Å². The summed E-state index contributed by atoms with van der Waals surface area (Å²) in [6.07, 6.45) is -2.68. The molecule has 0 aliphatic carbocycles. The van der Waals surface area contributed by atoms with Crippen LogP contribution in [0.15, 0.2) is 72.8 Å². The summed E-state index contributed by atoms with van der Waals surface area (Å²) < 4.78 is 18.4. The molecule has 3 aliphatic heterocycles. The third-order valence-electron chi connectivity index (χ3n) is 9.03. The van der Waals surface area contributed by atoms with Crippen molar-refractivity contribution in [1.82, 2.24) is 4.90 Å². The molecule has 4 atom stereocenters. The number of ether oxygens (including phenoxy) is 3. The standard InChI is InChI=1S/C33H21Cl4N5O10/c1-38-29-27(51-23-13-17(34)11-21(36)25(23)40(29)31(44)16-5-9-20(10-6-16)42(48)49)28-33(38,32(45)50-2)52-24-14-18(35)12-22(37)26(24)39(28)30(43)15-3-7-19(8-4-15)41(46)47/h3-14,27-29H,1-2H3. The lowest BCUT2D eigenvalue weighted by Crippen LogP contribution is -2.69. The molecule has 0 bridgehead atoms. The second kappa shape index (κ2) is 12.8. The maximum absolute atomic E-state index is 14.7. The number of likely N-dealkylation sites (tertiary alicyclic amines) is 1. The number of anilines is 2. The lowest BCUT2D eigenvalue weighted by atomic mass is 9.94. The summed E-state index contributed by atoms with van der Waals surface area (Å²) in [5.41, 5.74) is -2.87. The molecule has 52 heavy (non-hydrogen) atoms. The first-order valence-corrected chi connectivity index (χ1v) is 16.5. The van der Waals surface area contributed by atoms with Crippen LogP contribution in [0, 0.1) is 20.2 Å². The van der Waals surface area contributed by atoms with Gasteiger partial charge in [-0.25, -0.2) is 9.69 Å². The number of likely N-dealkylation sites (N-methyl/N-ethyl adjacent to an activating group) is 1. The molecule has 19 heteroatoms. The van der Waals surface area contributed by atoms with Crippen LogP contribution in [0.4, 0.5) is 22.7 Å². The third-order valence-corrected chi connectivity index (χ3v) is 10.0. The molecule has 3 aliphatic rings. The summed E-state index contributed by atoms with van der Waals surface area (Å²) in [6.45, 7) is 0. The lowest BCUT2D eigenvalue weighted by Gasteiger charge is -2.47. The Bertz CT molecular complexity index is 2220. The van der Waals surface area contributed by atoms with Crippen molar-refractivity contribution in [3.8, 4) is 11.5 Å².